The molecule has 0 bridgehead atoms. The van der Waals surface area contributed by atoms with Gasteiger partial charge in [-0.1, -0.05) is 0 Å². The van der Waals surface area contributed by atoms with Gasteiger partial charge in [-0.15, -0.1) is 0 Å². The maximum atomic E-state index is 12.6. The lowest BCUT2D eigenvalue weighted by Crippen LogP contribution is -2.32. The average Bonchev–Trinajstić information content (AvgIpc) is 2.49. The van der Waals surface area contributed by atoms with Crippen LogP contribution in [0, 0.1) is 0 Å². The Hall–Kier alpha value is -1.25. The van der Waals surface area contributed by atoms with Crippen LogP contribution >= 0.6 is 15.9 Å². The third-order valence-electron chi connectivity index (χ3n) is 2.17. The van der Waals surface area contributed by atoms with E-state index in [-0.39, 0.29) is 16.7 Å². The van der Waals surface area contributed by atoms with Crippen molar-refractivity contribution in [1.82, 2.24) is 15.1 Å². The van der Waals surface area contributed by atoms with Crippen molar-refractivity contribution in [3.8, 4) is 0 Å². The van der Waals surface area contributed by atoms with E-state index in [9.17, 15) is 18.0 Å². The maximum Gasteiger partial charge on any atom is 0.436 e. The van der Waals surface area contributed by atoms with Crippen LogP contribution in [0.4, 0.5) is 18.0 Å². The highest BCUT2D eigenvalue weighted by Crippen LogP contribution is 2.35. The molecular formula is C11H15BrF3N3O2. The van der Waals surface area contributed by atoms with Gasteiger partial charge < -0.3 is 10.1 Å². The van der Waals surface area contributed by atoms with E-state index in [1.165, 1.54) is 7.05 Å². The van der Waals surface area contributed by atoms with E-state index >= 15 is 0 Å². The van der Waals surface area contributed by atoms with Crippen LogP contribution in [0.1, 0.15) is 32.2 Å². The number of amides is 1. The second-order valence-corrected chi connectivity index (χ2v) is 5.88. The number of carbonyl (C=O) groups excluding carboxylic acids is 1. The second-order valence-electron chi connectivity index (χ2n) is 5.09. The summed E-state index contributed by atoms with van der Waals surface area (Å²) in [5.74, 6) is 0. The number of nitrogens with one attached hydrogen (secondary N) is 1. The molecule has 0 atom stereocenters. The molecule has 5 nitrogen and oxygen atoms in total. The van der Waals surface area contributed by atoms with Gasteiger partial charge in [0.15, 0.2) is 5.69 Å². The largest absolute Gasteiger partial charge is 0.444 e. The van der Waals surface area contributed by atoms with Crippen molar-refractivity contribution < 1.29 is 22.7 Å². The maximum absolute atomic E-state index is 12.6. The summed E-state index contributed by atoms with van der Waals surface area (Å²) in [4.78, 5) is 11.5. The van der Waals surface area contributed by atoms with E-state index < -0.39 is 23.6 Å². The van der Waals surface area contributed by atoms with Crippen LogP contribution in [0.25, 0.3) is 0 Å². The van der Waals surface area contributed by atoms with Crippen LogP contribution in [-0.2, 0) is 24.5 Å². The Morgan fingerprint density at radius 1 is 1.40 bits per heavy atom. The van der Waals surface area contributed by atoms with Crippen molar-refractivity contribution >= 4 is 22.0 Å². The lowest BCUT2D eigenvalue weighted by Gasteiger charge is -2.19. The molecule has 0 spiro atoms. The number of aryl methyl sites for hydroxylation is 1. The first kappa shape index (κ1) is 16.8. The van der Waals surface area contributed by atoms with Crippen LogP contribution in [0.3, 0.4) is 0 Å². The molecule has 1 rings (SSSR count). The van der Waals surface area contributed by atoms with Crippen molar-refractivity contribution in [2.75, 3.05) is 0 Å². The minimum atomic E-state index is -4.55. The zero-order chi connectivity index (χ0) is 15.7. The molecule has 0 aliphatic heterocycles. The number of alkyl halides is 3. The van der Waals surface area contributed by atoms with Gasteiger partial charge in [0.1, 0.15) is 5.60 Å². The fraction of sp³-hybridized carbons (Fsp3) is 0.636. The molecule has 1 aromatic heterocycles. The van der Waals surface area contributed by atoms with Crippen LogP contribution in [0.5, 0.6) is 0 Å². The molecule has 0 fully saturated rings. The normalized spacial score (nSPS) is 12.4. The van der Waals surface area contributed by atoms with E-state index in [4.69, 9.17) is 4.74 Å². The number of aromatic nitrogens is 2. The Morgan fingerprint density at radius 3 is 2.35 bits per heavy atom. The Bertz CT molecular complexity index is 506. The van der Waals surface area contributed by atoms with Gasteiger partial charge in [-0.25, -0.2) is 4.79 Å². The molecule has 20 heavy (non-hydrogen) atoms. The van der Waals surface area contributed by atoms with Crippen LogP contribution < -0.4 is 5.32 Å². The van der Waals surface area contributed by atoms with Gasteiger partial charge >= 0.3 is 12.3 Å². The third kappa shape index (κ3) is 4.39. The van der Waals surface area contributed by atoms with Crippen molar-refractivity contribution in [1.29, 1.82) is 0 Å². The Balaban J connectivity index is 2.80. The molecule has 0 saturated heterocycles. The third-order valence-corrected chi connectivity index (χ3v) is 3.00. The lowest BCUT2D eigenvalue weighted by molar-refractivity contribution is -0.142. The topological polar surface area (TPSA) is 56.2 Å². The highest BCUT2D eigenvalue weighted by molar-refractivity contribution is 9.10. The zero-order valence-corrected chi connectivity index (χ0v) is 13.0. The van der Waals surface area contributed by atoms with Crippen LogP contribution in [0.2, 0.25) is 0 Å². The summed E-state index contributed by atoms with van der Waals surface area (Å²) in [6.45, 7) is 4.94. The summed E-state index contributed by atoms with van der Waals surface area (Å²) in [6.07, 6.45) is -5.26. The van der Waals surface area contributed by atoms with E-state index in [1.807, 2.05) is 0 Å². The summed E-state index contributed by atoms with van der Waals surface area (Å²) in [5, 5.41) is 5.77. The number of alkyl carbamates (subject to hydrolysis) is 1. The Labute approximate surface area is 122 Å². The standard InChI is InChI=1S/C11H15BrF3N3O2/c1-10(2,3)20-9(19)16-5-6-7(12)8(11(13,14)15)17-18(6)4/h5H2,1-4H3,(H,16,19). The molecule has 0 unspecified atom stereocenters. The van der Waals surface area contributed by atoms with Gasteiger partial charge in [0.05, 0.1) is 16.7 Å². The summed E-state index contributed by atoms with van der Waals surface area (Å²) in [5.41, 5.74) is -1.51. The SMILES string of the molecule is Cn1nc(C(F)(F)F)c(Br)c1CNC(=O)OC(C)(C)C. The predicted molar refractivity (Wildman–Crippen MR) is 69.0 cm³/mol. The molecule has 0 aromatic carbocycles. The molecule has 1 heterocycles. The zero-order valence-electron chi connectivity index (χ0n) is 11.4. The minimum absolute atomic E-state index is 0.130. The van der Waals surface area contributed by atoms with E-state index in [2.05, 4.69) is 26.3 Å². The van der Waals surface area contributed by atoms with E-state index in [0.29, 0.717) is 0 Å². The van der Waals surface area contributed by atoms with Crippen molar-refractivity contribution in [3.63, 3.8) is 0 Å². The highest BCUT2D eigenvalue weighted by Gasteiger charge is 2.38. The molecule has 0 aliphatic carbocycles. The molecule has 114 valence electrons. The van der Waals surface area contributed by atoms with Gasteiger partial charge in [0, 0.05) is 7.05 Å². The quantitative estimate of drug-likeness (QED) is 0.883. The number of halogens is 4. The first-order valence-electron chi connectivity index (χ1n) is 5.67. The summed E-state index contributed by atoms with van der Waals surface area (Å²) in [7, 11) is 1.37. The summed E-state index contributed by atoms with van der Waals surface area (Å²) in [6, 6.07) is 0. The number of rotatable bonds is 2. The molecule has 0 aliphatic rings. The number of nitrogens with zero attached hydrogens (tertiary/aromatic N) is 2. The van der Waals surface area contributed by atoms with Gasteiger partial charge in [0.25, 0.3) is 0 Å². The van der Waals surface area contributed by atoms with E-state index in [0.717, 1.165) is 4.68 Å². The molecule has 9 heteroatoms. The highest BCUT2D eigenvalue weighted by atomic mass is 79.9. The molecule has 1 aromatic rings. The Kier molecular flexibility index (Phi) is 4.73. The first-order chi connectivity index (χ1) is 8.92. The van der Waals surface area contributed by atoms with Gasteiger partial charge in [-0.3, -0.25) is 4.68 Å². The number of hydrogen-bond acceptors (Lipinski definition) is 3. The van der Waals surface area contributed by atoms with Gasteiger partial charge in [-0.2, -0.15) is 18.3 Å². The van der Waals surface area contributed by atoms with Crippen LogP contribution in [-0.4, -0.2) is 21.5 Å². The lowest BCUT2D eigenvalue weighted by atomic mass is 10.2. The molecule has 1 N–H and O–H groups in total. The summed E-state index contributed by atoms with van der Waals surface area (Å²) < 4.78 is 43.8. The van der Waals surface area contributed by atoms with Crippen molar-refractivity contribution in [2.24, 2.45) is 7.05 Å². The molecule has 1 amide bonds. The summed E-state index contributed by atoms with van der Waals surface area (Å²) >= 11 is 2.85. The first-order valence-corrected chi connectivity index (χ1v) is 6.46. The van der Waals surface area contributed by atoms with E-state index in [1.54, 1.807) is 20.8 Å². The Morgan fingerprint density at radius 2 is 1.95 bits per heavy atom. The molecular weight excluding hydrogens is 343 g/mol. The smallest absolute Gasteiger partial charge is 0.436 e. The predicted octanol–water partition coefficient (Wildman–Crippen LogP) is 3.23. The monoisotopic (exact) mass is 357 g/mol. The fourth-order valence-corrected chi connectivity index (χ4v) is 2.08. The number of ether oxygens (including phenoxy) is 1. The van der Waals surface area contributed by atoms with Gasteiger partial charge in [-0.05, 0) is 36.7 Å². The van der Waals surface area contributed by atoms with Gasteiger partial charge in [0.2, 0.25) is 0 Å². The van der Waals surface area contributed by atoms with Crippen LogP contribution in [0.15, 0.2) is 4.47 Å². The fourth-order valence-electron chi connectivity index (χ4n) is 1.38. The number of hydrogen-bond donors (Lipinski definition) is 1. The molecule has 0 saturated carbocycles. The van der Waals surface area contributed by atoms with Crippen molar-refractivity contribution in [3.05, 3.63) is 15.9 Å². The van der Waals surface area contributed by atoms with Crippen molar-refractivity contribution in [2.45, 2.75) is 39.1 Å². The average molecular weight is 358 g/mol. The minimum Gasteiger partial charge on any atom is -0.444 e. The number of carbonyl (C=O) groups is 1. The molecule has 0 radical (unpaired) electrons. The second kappa shape index (κ2) is 5.63.